The standard InChI is InChI=1S/C39H73NO10/c1-3-5-7-9-11-13-15-17-19-21-23-25-27-32(43)38(48)40-30(29-49-39-37(47)36(46)35(45)33(28-41)50-39)34(44)31(42)26-24-22-20-18-16-14-12-10-8-6-4-2/h10,12,18,20,30-37,39,41-47H,3-9,11,13-17,19,21-29H2,1-2H3,(H,40,48)/b12-10+,20-18+. The van der Waals surface area contributed by atoms with Crippen molar-refractivity contribution in [3.8, 4) is 0 Å². The van der Waals surface area contributed by atoms with Crippen molar-refractivity contribution in [1.29, 1.82) is 0 Å². The molecule has 1 fully saturated rings. The summed E-state index contributed by atoms with van der Waals surface area (Å²) in [6, 6.07) is -1.18. The van der Waals surface area contributed by atoms with Crippen molar-refractivity contribution in [2.75, 3.05) is 13.2 Å². The Hall–Kier alpha value is -1.41. The largest absolute Gasteiger partial charge is 0.394 e. The first-order valence-electron chi connectivity index (χ1n) is 19.7. The molecule has 1 aliphatic rings. The number of nitrogens with one attached hydrogen (secondary N) is 1. The van der Waals surface area contributed by atoms with Crippen LogP contribution in [-0.2, 0) is 14.3 Å². The Kier molecular flexibility index (Phi) is 28.1. The highest BCUT2D eigenvalue weighted by Gasteiger charge is 2.44. The second-order valence-corrected chi connectivity index (χ2v) is 14.0. The lowest BCUT2D eigenvalue weighted by molar-refractivity contribution is -0.303. The van der Waals surface area contributed by atoms with Crippen LogP contribution in [0, 0.1) is 0 Å². The number of unbranched alkanes of at least 4 members (excludes halogenated alkanes) is 15. The number of carbonyl (C=O) groups is 1. The maximum Gasteiger partial charge on any atom is 0.249 e. The van der Waals surface area contributed by atoms with Crippen LogP contribution in [0.5, 0.6) is 0 Å². The van der Waals surface area contributed by atoms with E-state index < -0.39 is 74.2 Å². The van der Waals surface area contributed by atoms with Gasteiger partial charge in [0, 0.05) is 0 Å². The fraction of sp³-hybridized carbons (Fsp3) is 0.872. The van der Waals surface area contributed by atoms with Crippen LogP contribution in [-0.4, -0.2) is 110 Å². The second-order valence-electron chi connectivity index (χ2n) is 14.0. The molecule has 11 heteroatoms. The molecule has 11 nitrogen and oxygen atoms in total. The van der Waals surface area contributed by atoms with Crippen LogP contribution in [0.1, 0.15) is 149 Å². The number of amides is 1. The summed E-state index contributed by atoms with van der Waals surface area (Å²) < 4.78 is 11.0. The van der Waals surface area contributed by atoms with E-state index in [1.165, 1.54) is 64.2 Å². The Morgan fingerprint density at radius 1 is 0.680 bits per heavy atom. The van der Waals surface area contributed by atoms with E-state index in [4.69, 9.17) is 9.47 Å². The summed E-state index contributed by atoms with van der Waals surface area (Å²) in [5, 5.41) is 75.1. The van der Waals surface area contributed by atoms with Crippen LogP contribution >= 0.6 is 0 Å². The normalized spacial score (nSPS) is 23.7. The van der Waals surface area contributed by atoms with Crippen LogP contribution in [0.4, 0.5) is 0 Å². The van der Waals surface area contributed by atoms with Crippen LogP contribution in [0.2, 0.25) is 0 Å². The van der Waals surface area contributed by atoms with Crippen LogP contribution in [0.3, 0.4) is 0 Å². The molecule has 294 valence electrons. The van der Waals surface area contributed by atoms with Gasteiger partial charge in [0.2, 0.25) is 5.91 Å². The number of rotatable bonds is 31. The average molecular weight is 716 g/mol. The predicted octanol–water partition coefficient (Wildman–Crippen LogP) is 4.71. The molecule has 1 amide bonds. The van der Waals surface area contributed by atoms with Crippen LogP contribution in [0.15, 0.2) is 24.3 Å². The lowest BCUT2D eigenvalue weighted by Gasteiger charge is -2.40. The highest BCUT2D eigenvalue weighted by Crippen LogP contribution is 2.23. The maximum atomic E-state index is 13.0. The molecule has 0 aromatic heterocycles. The third kappa shape index (κ3) is 20.6. The first-order chi connectivity index (χ1) is 24.2. The lowest BCUT2D eigenvalue weighted by Crippen LogP contribution is -2.60. The van der Waals surface area contributed by atoms with Crippen LogP contribution in [0.25, 0.3) is 0 Å². The number of carbonyl (C=O) groups excluding carboxylic acids is 1. The minimum absolute atomic E-state index is 0.246. The summed E-state index contributed by atoms with van der Waals surface area (Å²) in [7, 11) is 0. The fourth-order valence-corrected chi connectivity index (χ4v) is 6.09. The Bertz CT molecular complexity index is 872. The molecule has 0 saturated carbocycles. The van der Waals surface area contributed by atoms with Crippen molar-refractivity contribution < 1.29 is 50.0 Å². The van der Waals surface area contributed by atoms with E-state index in [1.54, 1.807) is 0 Å². The van der Waals surface area contributed by atoms with E-state index in [0.29, 0.717) is 19.3 Å². The average Bonchev–Trinajstić information content (AvgIpc) is 3.11. The SMILES string of the molecule is CCCC/C=C/CC/C=C/CCCC(O)C(O)C(COC1OC(CO)C(O)C(O)C1O)NC(=O)C(O)CCCCCCCCCCCCCC. The first kappa shape index (κ1) is 46.6. The topological polar surface area (TPSA) is 189 Å². The Balaban J connectivity index is 2.59. The Labute approximate surface area is 302 Å². The second kappa shape index (κ2) is 30.1. The van der Waals surface area contributed by atoms with Gasteiger partial charge in [-0.25, -0.2) is 0 Å². The van der Waals surface area contributed by atoms with Crippen molar-refractivity contribution in [3.05, 3.63) is 24.3 Å². The molecule has 0 radical (unpaired) electrons. The molecule has 1 rings (SSSR count). The minimum atomic E-state index is -1.67. The molecule has 9 atom stereocenters. The molecular weight excluding hydrogens is 642 g/mol. The van der Waals surface area contributed by atoms with Gasteiger partial charge in [0.15, 0.2) is 6.29 Å². The molecule has 1 aliphatic heterocycles. The van der Waals surface area contributed by atoms with Gasteiger partial charge in [0.1, 0.15) is 36.6 Å². The van der Waals surface area contributed by atoms with Gasteiger partial charge in [-0.15, -0.1) is 0 Å². The molecule has 8 N–H and O–H groups in total. The van der Waals surface area contributed by atoms with Gasteiger partial charge in [0.05, 0.1) is 25.4 Å². The summed E-state index contributed by atoms with van der Waals surface area (Å²) in [6.45, 7) is 3.32. The molecule has 1 saturated heterocycles. The number of aliphatic hydroxyl groups excluding tert-OH is 7. The minimum Gasteiger partial charge on any atom is -0.394 e. The zero-order valence-electron chi connectivity index (χ0n) is 31.1. The van der Waals surface area contributed by atoms with E-state index in [-0.39, 0.29) is 12.8 Å². The Morgan fingerprint density at radius 2 is 1.20 bits per heavy atom. The van der Waals surface area contributed by atoms with Gasteiger partial charge < -0.3 is 50.5 Å². The fourth-order valence-electron chi connectivity index (χ4n) is 6.09. The third-order valence-electron chi connectivity index (χ3n) is 9.48. The zero-order valence-corrected chi connectivity index (χ0v) is 31.1. The third-order valence-corrected chi connectivity index (χ3v) is 9.48. The van der Waals surface area contributed by atoms with E-state index in [1.807, 2.05) is 6.08 Å². The lowest BCUT2D eigenvalue weighted by atomic mass is 9.98. The van der Waals surface area contributed by atoms with E-state index in [0.717, 1.165) is 38.5 Å². The van der Waals surface area contributed by atoms with Crippen molar-refractivity contribution >= 4 is 5.91 Å². The summed E-state index contributed by atoms with van der Waals surface area (Å²) in [5.41, 5.74) is 0. The van der Waals surface area contributed by atoms with Gasteiger partial charge in [-0.3, -0.25) is 4.79 Å². The summed E-state index contributed by atoms with van der Waals surface area (Å²) >= 11 is 0. The highest BCUT2D eigenvalue weighted by atomic mass is 16.7. The molecular formula is C39H73NO10. The van der Waals surface area contributed by atoms with Gasteiger partial charge >= 0.3 is 0 Å². The number of hydrogen-bond acceptors (Lipinski definition) is 10. The zero-order chi connectivity index (χ0) is 37.0. The molecule has 0 aliphatic carbocycles. The number of allylic oxidation sites excluding steroid dienone is 4. The predicted molar refractivity (Wildman–Crippen MR) is 196 cm³/mol. The van der Waals surface area contributed by atoms with Crippen molar-refractivity contribution in [3.63, 3.8) is 0 Å². The molecule has 9 unspecified atom stereocenters. The smallest absolute Gasteiger partial charge is 0.249 e. The van der Waals surface area contributed by atoms with Crippen molar-refractivity contribution in [2.45, 2.75) is 204 Å². The van der Waals surface area contributed by atoms with Crippen molar-refractivity contribution in [2.24, 2.45) is 0 Å². The summed E-state index contributed by atoms with van der Waals surface area (Å²) in [5.74, 6) is -0.714. The Morgan fingerprint density at radius 3 is 1.76 bits per heavy atom. The molecule has 50 heavy (non-hydrogen) atoms. The molecule has 0 spiro atoms. The van der Waals surface area contributed by atoms with Gasteiger partial charge in [-0.2, -0.15) is 0 Å². The van der Waals surface area contributed by atoms with Crippen LogP contribution < -0.4 is 5.32 Å². The monoisotopic (exact) mass is 716 g/mol. The van der Waals surface area contributed by atoms with E-state index >= 15 is 0 Å². The summed E-state index contributed by atoms with van der Waals surface area (Å²) in [6.07, 6.45) is 18.2. The van der Waals surface area contributed by atoms with Gasteiger partial charge in [-0.05, 0) is 44.9 Å². The van der Waals surface area contributed by atoms with E-state index in [2.05, 4.69) is 37.4 Å². The number of ether oxygens (including phenoxy) is 2. The first-order valence-corrected chi connectivity index (χ1v) is 19.7. The number of aliphatic hydroxyl groups is 7. The quantitative estimate of drug-likeness (QED) is 0.0369. The highest BCUT2D eigenvalue weighted by molar-refractivity contribution is 5.80. The van der Waals surface area contributed by atoms with E-state index in [9.17, 15) is 40.5 Å². The van der Waals surface area contributed by atoms with Gasteiger partial charge in [0.25, 0.3) is 0 Å². The van der Waals surface area contributed by atoms with Crippen molar-refractivity contribution in [1.82, 2.24) is 5.32 Å². The molecule has 0 bridgehead atoms. The number of hydrogen-bond donors (Lipinski definition) is 8. The molecule has 0 aromatic rings. The maximum absolute atomic E-state index is 13.0. The summed E-state index contributed by atoms with van der Waals surface area (Å²) in [4.78, 5) is 13.0. The van der Waals surface area contributed by atoms with Gasteiger partial charge in [-0.1, -0.05) is 128 Å². The molecule has 1 heterocycles. The molecule has 0 aromatic carbocycles.